The summed E-state index contributed by atoms with van der Waals surface area (Å²) in [5, 5.41) is 0.655. The Morgan fingerprint density at radius 3 is 2.39 bits per heavy atom. The summed E-state index contributed by atoms with van der Waals surface area (Å²) in [4.78, 5) is 42.5. The van der Waals surface area contributed by atoms with Crippen molar-refractivity contribution in [3.63, 3.8) is 0 Å². The van der Waals surface area contributed by atoms with E-state index < -0.39 is 35.4 Å². The fourth-order valence-corrected chi connectivity index (χ4v) is 10.3. The Kier molecular flexibility index (Phi) is 11.7. The molecule has 3 aliphatic heterocycles. The van der Waals surface area contributed by atoms with Crippen LogP contribution >= 0.6 is 0 Å². The molecule has 4 heterocycles. The molecule has 1 aliphatic carbocycles. The first kappa shape index (κ1) is 40.5. The zero-order chi connectivity index (χ0) is 41.9. The van der Waals surface area contributed by atoms with Gasteiger partial charge in [-0.25, -0.2) is 9.59 Å². The van der Waals surface area contributed by atoms with E-state index in [1.54, 1.807) is 6.07 Å². The van der Waals surface area contributed by atoms with Gasteiger partial charge in [0.05, 0.1) is 12.0 Å². The molecule has 0 radical (unpaired) electrons. The van der Waals surface area contributed by atoms with E-state index in [1.165, 1.54) is 28.3 Å². The smallest absolute Gasteiger partial charge is 0.336 e. The number of aryl methyl sites for hydroxylation is 2. The second-order valence-electron chi connectivity index (χ2n) is 17.9. The van der Waals surface area contributed by atoms with Crippen molar-refractivity contribution in [1.29, 1.82) is 0 Å². The number of benzene rings is 4. The highest BCUT2D eigenvalue weighted by Crippen LogP contribution is 2.53. The first-order chi connectivity index (χ1) is 29.7. The van der Waals surface area contributed by atoms with Gasteiger partial charge >= 0.3 is 17.6 Å². The molecular formula is C54H54O7. The van der Waals surface area contributed by atoms with Crippen molar-refractivity contribution in [2.45, 2.75) is 122 Å². The van der Waals surface area contributed by atoms with Crippen LogP contribution in [0.2, 0.25) is 0 Å². The van der Waals surface area contributed by atoms with Crippen LogP contribution in [0.1, 0.15) is 117 Å². The number of carbonyl (C=O) groups is 2. The fraction of sp³-hybridized carbons (Fsp3) is 0.389. The lowest BCUT2D eigenvalue weighted by molar-refractivity contribution is -0.204. The first-order valence-corrected chi connectivity index (χ1v) is 22.2. The third-order valence-corrected chi connectivity index (χ3v) is 13.5. The van der Waals surface area contributed by atoms with Crippen LogP contribution in [0.3, 0.4) is 0 Å². The number of hydrogen-bond donors (Lipinski definition) is 0. The van der Waals surface area contributed by atoms with E-state index in [0.717, 1.165) is 68.1 Å². The average molecular weight is 815 g/mol. The van der Waals surface area contributed by atoms with Crippen molar-refractivity contribution in [2.24, 2.45) is 11.8 Å². The first-order valence-electron chi connectivity index (χ1n) is 22.2. The minimum atomic E-state index is -1.14. The van der Waals surface area contributed by atoms with E-state index in [4.69, 9.17) is 18.6 Å². The Morgan fingerprint density at radius 1 is 0.754 bits per heavy atom. The molecule has 0 unspecified atom stereocenters. The van der Waals surface area contributed by atoms with E-state index >= 15 is 0 Å². The van der Waals surface area contributed by atoms with Gasteiger partial charge in [-0.05, 0) is 123 Å². The Balaban J connectivity index is 1.17. The molecule has 1 fully saturated rings. The van der Waals surface area contributed by atoms with Crippen molar-refractivity contribution in [1.82, 2.24) is 0 Å². The molecule has 0 N–H and O–H groups in total. The number of ether oxygens (including phenoxy) is 3. The van der Waals surface area contributed by atoms with E-state index in [1.807, 2.05) is 32.0 Å². The monoisotopic (exact) mass is 814 g/mol. The van der Waals surface area contributed by atoms with Crippen molar-refractivity contribution in [2.75, 3.05) is 0 Å². The predicted octanol–water partition coefficient (Wildman–Crippen LogP) is 10.7. The molecule has 0 saturated heterocycles. The standard InChI is InChI=1S/C54H54O7/c1-35(2)45-26-22-38-21-23-43-33-40(20-19-37-14-11-15-39(31-37)30-36-12-5-3-6-13-36)34-48(56)59-51-49-46(27-24-41-25-28-47(55)58-50(41)49)61-54(52(51)60-53(45)57,44-17-7-4-8-18-44)29-10-9-16-42(43)32-38/h3,5-6,11-15,21,23-25,27-28,31-32,40,44,51-52H,4,7-8,16-20,22,26,29-30,33-34H2,1-2H3/t40-,51-,52+,54+/m1/s1. The van der Waals surface area contributed by atoms with E-state index in [-0.39, 0.29) is 30.3 Å². The van der Waals surface area contributed by atoms with Gasteiger partial charge in [-0.2, -0.15) is 0 Å². The maximum atomic E-state index is 14.8. The normalized spacial score (nSPS) is 23.0. The molecule has 4 atom stereocenters. The summed E-state index contributed by atoms with van der Waals surface area (Å²) in [5.41, 5.74) is 7.67. The summed E-state index contributed by atoms with van der Waals surface area (Å²) < 4.78 is 26.8. The molecule has 7 nitrogen and oxygen atoms in total. The highest BCUT2D eigenvalue weighted by atomic mass is 16.6. The largest absolute Gasteiger partial charge is 0.481 e. The third-order valence-electron chi connectivity index (χ3n) is 13.5. The van der Waals surface area contributed by atoms with E-state index in [2.05, 4.69) is 78.6 Å². The maximum Gasteiger partial charge on any atom is 0.336 e. The Bertz CT molecular complexity index is 2600. The SMILES string of the molecule is CC(C)=C1CCc2ccc3c(c2)CC#CC[C@@]2(C4CCCCC4)Oc4ccc5ccc(=O)oc5c4[C@@H](OC(=O)C[C@H](CCc4cccc(Cc5ccccc5)c4)C3)[C@@H]2OC1=O. The minimum absolute atomic E-state index is 0.0403. The van der Waals surface area contributed by atoms with Crippen molar-refractivity contribution < 1.29 is 28.2 Å². The summed E-state index contributed by atoms with van der Waals surface area (Å²) in [6.07, 6.45) is 7.83. The molecule has 1 aromatic heterocycles. The number of esters is 2. The van der Waals surface area contributed by atoms with Gasteiger partial charge in [-0.3, -0.25) is 4.79 Å². The molecular weight excluding hydrogens is 761 g/mol. The number of hydrogen-bond acceptors (Lipinski definition) is 7. The lowest BCUT2D eigenvalue weighted by atomic mass is 9.69. The fourth-order valence-electron chi connectivity index (χ4n) is 10.3. The van der Waals surface area contributed by atoms with Crippen LogP contribution in [0, 0.1) is 23.7 Å². The second kappa shape index (κ2) is 17.6. The Labute approximate surface area is 358 Å². The van der Waals surface area contributed by atoms with Crippen LogP contribution in [0.25, 0.3) is 11.0 Å². The molecule has 1 saturated carbocycles. The average Bonchev–Trinajstić information content (AvgIpc) is 3.26. The summed E-state index contributed by atoms with van der Waals surface area (Å²) in [5.74, 6) is 6.59. The van der Waals surface area contributed by atoms with Gasteiger partial charge < -0.3 is 18.6 Å². The molecule has 9 rings (SSSR count). The van der Waals surface area contributed by atoms with Gasteiger partial charge in [0, 0.05) is 35.8 Å². The summed E-state index contributed by atoms with van der Waals surface area (Å²) in [6.45, 7) is 3.89. The van der Waals surface area contributed by atoms with Crippen LogP contribution in [0.15, 0.2) is 117 Å². The van der Waals surface area contributed by atoms with Crippen LogP contribution in [-0.2, 0) is 51.2 Å². The zero-order valence-electron chi connectivity index (χ0n) is 35.3. The van der Waals surface area contributed by atoms with Gasteiger partial charge in [0.1, 0.15) is 11.3 Å². The highest BCUT2D eigenvalue weighted by Gasteiger charge is 2.59. The molecule has 7 heteroatoms. The van der Waals surface area contributed by atoms with Crippen LogP contribution in [0.4, 0.5) is 0 Å². The van der Waals surface area contributed by atoms with Gasteiger partial charge in [-0.1, -0.05) is 109 Å². The van der Waals surface area contributed by atoms with Crippen LogP contribution in [0.5, 0.6) is 5.75 Å². The molecule has 5 bridgehead atoms. The molecule has 312 valence electrons. The Morgan fingerprint density at radius 2 is 1.56 bits per heavy atom. The molecule has 0 spiro atoms. The summed E-state index contributed by atoms with van der Waals surface area (Å²) >= 11 is 0. The number of rotatable bonds is 6. The molecule has 0 amide bonds. The van der Waals surface area contributed by atoms with E-state index in [9.17, 15) is 14.4 Å². The molecule has 4 aromatic carbocycles. The van der Waals surface area contributed by atoms with Gasteiger partial charge in [0.15, 0.2) is 17.8 Å². The quantitative estimate of drug-likeness (QED) is 0.0729. The Hall–Kier alpha value is -5.87. The van der Waals surface area contributed by atoms with Crippen molar-refractivity contribution >= 4 is 22.9 Å². The predicted molar refractivity (Wildman–Crippen MR) is 236 cm³/mol. The number of carbonyl (C=O) groups excluding carboxylic acids is 2. The second-order valence-corrected chi connectivity index (χ2v) is 17.9. The number of allylic oxidation sites excluding steroid dienone is 1. The van der Waals surface area contributed by atoms with Crippen molar-refractivity contribution in [3.8, 4) is 17.6 Å². The third kappa shape index (κ3) is 8.69. The van der Waals surface area contributed by atoms with E-state index in [0.29, 0.717) is 48.0 Å². The highest BCUT2D eigenvalue weighted by molar-refractivity contribution is 5.90. The zero-order valence-corrected chi connectivity index (χ0v) is 35.3. The van der Waals surface area contributed by atoms with Gasteiger partial charge in [-0.15, -0.1) is 0 Å². The molecule has 5 aromatic rings. The lowest BCUT2D eigenvalue weighted by Gasteiger charge is -2.51. The van der Waals surface area contributed by atoms with Gasteiger partial charge in [0.2, 0.25) is 0 Å². The van der Waals surface area contributed by atoms with Crippen molar-refractivity contribution in [3.05, 3.63) is 158 Å². The van der Waals surface area contributed by atoms with Crippen LogP contribution in [-0.4, -0.2) is 23.6 Å². The maximum absolute atomic E-state index is 14.8. The van der Waals surface area contributed by atoms with Gasteiger partial charge in [0.25, 0.3) is 0 Å². The topological polar surface area (TPSA) is 92.0 Å². The lowest BCUT2D eigenvalue weighted by Crippen LogP contribution is -2.60. The summed E-state index contributed by atoms with van der Waals surface area (Å²) in [7, 11) is 0. The summed E-state index contributed by atoms with van der Waals surface area (Å²) in [6, 6.07) is 32.7. The minimum Gasteiger partial charge on any atom is -0.481 e. The molecule has 61 heavy (non-hydrogen) atoms. The van der Waals surface area contributed by atoms with Crippen LogP contribution < -0.4 is 10.4 Å². The molecule has 4 aliphatic rings. The number of fused-ring (bicyclic) bond motifs is 7.